The molecule has 0 saturated heterocycles. The van der Waals surface area contributed by atoms with Crippen molar-refractivity contribution in [1.82, 2.24) is 0 Å². The van der Waals surface area contributed by atoms with Crippen molar-refractivity contribution in [2.45, 2.75) is 22.9 Å². The molecular weight excluding hydrogens is 186 g/mol. The van der Waals surface area contributed by atoms with E-state index in [2.05, 4.69) is 0 Å². The van der Waals surface area contributed by atoms with Crippen molar-refractivity contribution in [3.63, 3.8) is 0 Å². The monoisotopic (exact) mass is 192 g/mol. The van der Waals surface area contributed by atoms with Gasteiger partial charge in [0.15, 0.2) is 10.6 Å². The summed E-state index contributed by atoms with van der Waals surface area (Å²) < 4.78 is -1.68. The molecule has 0 aromatic carbocycles. The number of rotatable bonds is 2. The molecule has 0 saturated carbocycles. The van der Waals surface area contributed by atoms with Crippen LogP contribution in [-0.4, -0.2) is 26.2 Å². The molecule has 0 aliphatic rings. The van der Waals surface area contributed by atoms with Crippen molar-refractivity contribution in [3.8, 4) is 0 Å². The minimum absolute atomic E-state index is 0.708. The Labute approximate surface area is 68.3 Å². The standard InChI is InChI=1S/C4H7Cl3O2/c1-2(5)4(6,7)3(8)9/h2-3,8-9H,1H3. The van der Waals surface area contributed by atoms with Crippen LogP contribution in [0.5, 0.6) is 0 Å². The number of aliphatic hydroxyl groups excluding tert-OH is 1. The van der Waals surface area contributed by atoms with Crippen LogP contribution < -0.4 is 0 Å². The molecule has 56 valence electrons. The fourth-order valence-electron chi connectivity index (χ4n) is 0.205. The zero-order valence-corrected chi connectivity index (χ0v) is 6.95. The summed E-state index contributed by atoms with van der Waals surface area (Å²) >= 11 is 16.1. The Kier molecular flexibility index (Phi) is 3.55. The molecule has 0 aromatic rings. The highest BCUT2D eigenvalue weighted by molar-refractivity contribution is 6.52. The molecule has 0 aromatic heterocycles. The van der Waals surface area contributed by atoms with E-state index in [-0.39, 0.29) is 0 Å². The summed E-state index contributed by atoms with van der Waals surface area (Å²) in [5.74, 6) is 0. The Bertz CT molecular complexity index is 81.8. The maximum atomic E-state index is 8.46. The van der Waals surface area contributed by atoms with Crippen LogP contribution in [0, 0.1) is 0 Å². The fraction of sp³-hybridized carbons (Fsp3) is 1.00. The van der Waals surface area contributed by atoms with E-state index in [4.69, 9.17) is 45.0 Å². The molecule has 1 atom stereocenters. The third-order valence-electron chi connectivity index (χ3n) is 0.875. The Morgan fingerprint density at radius 2 is 1.67 bits per heavy atom. The van der Waals surface area contributed by atoms with Crippen molar-refractivity contribution in [2.24, 2.45) is 0 Å². The maximum Gasteiger partial charge on any atom is 0.186 e. The van der Waals surface area contributed by atoms with Crippen LogP contribution in [0.25, 0.3) is 0 Å². The van der Waals surface area contributed by atoms with Crippen LogP contribution in [0.2, 0.25) is 0 Å². The summed E-state index contributed by atoms with van der Waals surface area (Å²) in [6, 6.07) is 0. The highest BCUT2D eigenvalue weighted by Crippen LogP contribution is 2.31. The predicted octanol–water partition coefficient (Wildman–Crippen LogP) is 1.10. The van der Waals surface area contributed by atoms with Gasteiger partial charge < -0.3 is 10.2 Å². The first-order valence-corrected chi connectivity index (χ1v) is 3.46. The van der Waals surface area contributed by atoms with Crippen LogP contribution >= 0.6 is 34.8 Å². The molecular formula is C4H7Cl3O2. The molecule has 0 heterocycles. The average Bonchev–Trinajstić information content (AvgIpc) is 1.65. The topological polar surface area (TPSA) is 40.5 Å². The van der Waals surface area contributed by atoms with Gasteiger partial charge in [0.25, 0.3) is 0 Å². The van der Waals surface area contributed by atoms with Gasteiger partial charge in [-0.05, 0) is 6.92 Å². The summed E-state index contributed by atoms with van der Waals surface area (Å²) in [6.07, 6.45) is -1.81. The van der Waals surface area contributed by atoms with Gasteiger partial charge in [0.2, 0.25) is 0 Å². The van der Waals surface area contributed by atoms with E-state index < -0.39 is 16.0 Å². The van der Waals surface area contributed by atoms with Crippen molar-refractivity contribution in [2.75, 3.05) is 0 Å². The Hall–Kier alpha value is 0.790. The van der Waals surface area contributed by atoms with E-state index >= 15 is 0 Å². The van der Waals surface area contributed by atoms with Gasteiger partial charge in [0, 0.05) is 0 Å². The minimum Gasteiger partial charge on any atom is -0.366 e. The fourth-order valence-corrected chi connectivity index (χ4v) is 0.318. The normalized spacial score (nSPS) is 16.3. The average molecular weight is 193 g/mol. The van der Waals surface area contributed by atoms with Gasteiger partial charge in [-0.2, -0.15) is 0 Å². The Morgan fingerprint density at radius 1 is 1.33 bits per heavy atom. The van der Waals surface area contributed by atoms with E-state index in [1.807, 2.05) is 0 Å². The quantitative estimate of drug-likeness (QED) is 0.509. The molecule has 0 radical (unpaired) electrons. The molecule has 1 unspecified atom stereocenters. The SMILES string of the molecule is CC(Cl)C(Cl)(Cl)C(O)O. The number of aliphatic hydroxyl groups is 2. The smallest absolute Gasteiger partial charge is 0.186 e. The summed E-state index contributed by atoms with van der Waals surface area (Å²) in [7, 11) is 0. The first-order valence-electron chi connectivity index (χ1n) is 2.27. The lowest BCUT2D eigenvalue weighted by atomic mass is 10.3. The first kappa shape index (κ1) is 9.79. The molecule has 0 spiro atoms. The van der Waals surface area contributed by atoms with E-state index in [9.17, 15) is 0 Å². The number of hydrogen-bond acceptors (Lipinski definition) is 2. The minimum atomic E-state index is -1.81. The predicted molar refractivity (Wildman–Crippen MR) is 38.0 cm³/mol. The van der Waals surface area contributed by atoms with Crippen molar-refractivity contribution < 1.29 is 10.2 Å². The van der Waals surface area contributed by atoms with Crippen LogP contribution in [0.1, 0.15) is 6.92 Å². The zero-order chi connectivity index (χ0) is 7.65. The molecule has 0 fully saturated rings. The highest BCUT2D eigenvalue weighted by Gasteiger charge is 2.37. The Balaban J connectivity index is 4.01. The van der Waals surface area contributed by atoms with Crippen LogP contribution in [-0.2, 0) is 0 Å². The van der Waals surface area contributed by atoms with Gasteiger partial charge in [-0.1, -0.05) is 23.2 Å². The Morgan fingerprint density at radius 3 is 1.67 bits per heavy atom. The van der Waals surface area contributed by atoms with Crippen molar-refractivity contribution in [1.29, 1.82) is 0 Å². The lowest BCUT2D eigenvalue weighted by molar-refractivity contribution is -0.0514. The van der Waals surface area contributed by atoms with Gasteiger partial charge in [0.1, 0.15) is 0 Å². The van der Waals surface area contributed by atoms with Gasteiger partial charge >= 0.3 is 0 Å². The maximum absolute atomic E-state index is 8.46. The second kappa shape index (κ2) is 3.26. The third kappa shape index (κ3) is 2.48. The molecule has 5 heteroatoms. The third-order valence-corrected chi connectivity index (χ3v) is 2.49. The summed E-state index contributed by atoms with van der Waals surface area (Å²) in [5, 5.41) is 16.2. The molecule has 0 aliphatic carbocycles. The molecule has 2 nitrogen and oxygen atoms in total. The lowest BCUT2D eigenvalue weighted by Gasteiger charge is -2.23. The van der Waals surface area contributed by atoms with Gasteiger partial charge in [-0.25, -0.2) is 0 Å². The number of hydrogen-bond donors (Lipinski definition) is 2. The molecule has 0 bridgehead atoms. The lowest BCUT2D eigenvalue weighted by Crippen LogP contribution is -2.37. The van der Waals surface area contributed by atoms with E-state index in [1.54, 1.807) is 0 Å². The summed E-state index contributed by atoms with van der Waals surface area (Å²) in [4.78, 5) is 0. The summed E-state index contributed by atoms with van der Waals surface area (Å²) in [6.45, 7) is 1.47. The van der Waals surface area contributed by atoms with Gasteiger partial charge in [-0.15, -0.1) is 11.6 Å². The molecule has 0 rings (SSSR count). The van der Waals surface area contributed by atoms with Crippen molar-refractivity contribution in [3.05, 3.63) is 0 Å². The zero-order valence-electron chi connectivity index (χ0n) is 4.68. The van der Waals surface area contributed by atoms with Gasteiger partial charge in [-0.3, -0.25) is 0 Å². The molecule has 9 heavy (non-hydrogen) atoms. The van der Waals surface area contributed by atoms with Crippen LogP contribution in [0.3, 0.4) is 0 Å². The molecule has 0 aliphatic heterocycles. The van der Waals surface area contributed by atoms with E-state index in [0.717, 1.165) is 0 Å². The number of halogens is 3. The second-order valence-electron chi connectivity index (χ2n) is 1.66. The largest absolute Gasteiger partial charge is 0.366 e. The summed E-state index contributed by atoms with van der Waals surface area (Å²) in [5.41, 5.74) is 0. The number of alkyl halides is 3. The molecule has 0 amide bonds. The van der Waals surface area contributed by atoms with Crippen LogP contribution in [0.4, 0.5) is 0 Å². The van der Waals surface area contributed by atoms with E-state index in [1.165, 1.54) is 6.92 Å². The van der Waals surface area contributed by atoms with Crippen LogP contribution in [0.15, 0.2) is 0 Å². The first-order chi connectivity index (χ1) is 3.89. The molecule has 2 N–H and O–H groups in total. The van der Waals surface area contributed by atoms with Crippen molar-refractivity contribution >= 4 is 34.8 Å². The van der Waals surface area contributed by atoms with Gasteiger partial charge in [0.05, 0.1) is 5.38 Å². The van der Waals surface area contributed by atoms with E-state index in [0.29, 0.717) is 0 Å². The second-order valence-corrected chi connectivity index (χ2v) is 3.76. The highest BCUT2D eigenvalue weighted by atomic mass is 35.5.